The second-order valence-electron chi connectivity index (χ2n) is 4.37. The Morgan fingerprint density at radius 3 is 2.41 bits per heavy atom. The number of hydrogen-bond acceptors (Lipinski definition) is 4. The Kier molecular flexibility index (Phi) is 8.38. The maximum atomic E-state index is 11.4. The Labute approximate surface area is 143 Å². The molecule has 0 aliphatic heterocycles. The molecule has 0 fully saturated rings. The fourth-order valence-corrected chi connectivity index (χ4v) is 1.60. The van der Waals surface area contributed by atoms with Crippen LogP contribution in [0, 0.1) is 0 Å². The lowest BCUT2D eigenvalue weighted by Crippen LogP contribution is -2.26. The van der Waals surface area contributed by atoms with Gasteiger partial charge in [-0.25, -0.2) is 4.79 Å². The number of alkyl carbamates (subject to hydrolysis) is 1. The van der Waals surface area contributed by atoms with Gasteiger partial charge in [0.25, 0.3) is 0 Å². The standard InChI is InChI=1S/C14H16Cl3NO4/c15-14(16,17)10-22-12(19)7-4-8-18-13(20)21-9-11-5-2-1-3-6-11/h1-3,5-6H,4,7-10H2,(H,18,20). The van der Waals surface area contributed by atoms with Crippen LogP contribution in [0.25, 0.3) is 0 Å². The minimum atomic E-state index is -1.62. The number of esters is 1. The van der Waals surface area contributed by atoms with Gasteiger partial charge >= 0.3 is 12.1 Å². The highest BCUT2D eigenvalue weighted by Crippen LogP contribution is 2.26. The van der Waals surface area contributed by atoms with Crippen LogP contribution >= 0.6 is 34.8 Å². The van der Waals surface area contributed by atoms with E-state index in [0.29, 0.717) is 6.42 Å². The number of alkyl halides is 3. The summed E-state index contributed by atoms with van der Waals surface area (Å²) < 4.78 is 8.13. The topological polar surface area (TPSA) is 64.6 Å². The summed E-state index contributed by atoms with van der Waals surface area (Å²) in [5.74, 6) is -0.495. The molecule has 1 amide bonds. The molecule has 0 spiro atoms. The number of hydrogen-bond donors (Lipinski definition) is 1. The van der Waals surface area contributed by atoms with Gasteiger partial charge in [-0.05, 0) is 12.0 Å². The van der Waals surface area contributed by atoms with Crippen molar-refractivity contribution < 1.29 is 19.1 Å². The van der Waals surface area contributed by atoms with Crippen LogP contribution in [-0.2, 0) is 20.9 Å². The number of ether oxygens (including phenoxy) is 2. The molecule has 0 aliphatic rings. The molecule has 1 aromatic carbocycles. The molecule has 0 bridgehead atoms. The number of carbonyl (C=O) groups excluding carboxylic acids is 2. The minimum absolute atomic E-state index is 0.111. The number of rotatable bonds is 7. The first-order chi connectivity index (χ1) is 10.4. The van der Waals surface area contributed by atoms with Gasteiger partial charge in [0, 0.05) is 13.0 Å². The van der Waals surface area contributed by atoms with Crippen molar-refractivity contribution in [2.24, 2.45) is 0 Å². The molecule has 0 aliphatic carbocycles. The summed E-state index contributed by atoms with van der Waals surface area (Å²) in [6, 6.07) is 9.31. The monoisotopic (exact) mass is 367 g/mol. The van der Waals surface area contributed by atoms with Gasteiger partial charge in [-0.2, -0.15) is 0 Å². The van der Waals surface area contributed by atoms with Gasteiger partial charge in [-0.15, -0.1) is 0 Å². The zero-order valence-corrected chi connectivity index (χ0v) is 14.0. The predicted octanol–water partition coefficient (Wildman–Crippen LogP) is 3.61. The highest BCUT2D eigenvalue weighted by atomic mass is 35.6. The first-order valence-electron chi connectivity index (χ1n) is 6.54. The lowest BCUT2D eigenvalue weighted by molar-refractivity contribution is -0.143. The third-order valence-corrected chi connectivity index (χ3v) is 2.76. The van der Waals surface area contributed by atoms with Gasteiger partial charge in [-0.1, -0.05) is 65.1 Å². The largest absolute Gasteiger partial charge is 0.461 e. The van der Waals surface area contributed by atoms with Crippen LogP contribution in [-0.4, -0.2) is 29.0 Å². The van der Waals surface area contributed by atoms with Crippen LogP contribution in [0.15, 0.2) is 30.3 Å². The van der Waals surface area contributed by atoms with E-state index < -0.39 is 15.9 Å². The van der Waals surface area contributed by atoms with Gasteiger partial charge in [0.2, 0.25) is 3.79 Å². The molecule has 1 N–H and O–H groups in total. The zero-order chi connectivity index (χ0) is 16.4. The second kappa shape index (κ2) is 9.77. The van der Waals surface area contributed by atoms with Crippen LogP contribution in [0.2, 0.25) is 0 Å². The third kappa shape index (κ3) is 9.71. The van der Waals surface area contributed by atoms with Crippen molar-refractivity contribution >= 4 is 46.9 Å². The first-order valence-corrected chi connectivity index (χ1v) is 7.67. The van der Waals surface area contributed by atoms with Crippen LogP contribution in [0.3, 0.4) is 0 Å². The summed E-state index contributed by atoms with van der Waals surface area (Å²) in [6.45, 7) is 0.178. The highest BCUT2D eigenvalue weighted by molar-refractivity contribution is 6.67. The molecule has 1 rings (SSSR count). The summed E-state index contributed by atoms with van der Waals surface area (Å²) in [6.07, 6.45) is -0.0303. The molecule has 8 heteroatoms. The minimum Gasteiger partial charge on any atom is -0.461 e. The van der Waals surface area contributed by atoms with Crippen LogP contribution < -0.4 is 5.32 Å². The molecule has 0 heterocycles. The zero-order valence-electron chi connectivity index (χ0n) is 11.7. The van der Waals surface area contributed by atoms with Crippen molar-refractivity contribution in [3.8, 4) is 0 Å². The van der Waals surface area contributed by atoms with Crippen molar-refractivity contribution in [1.29, 1.82) is 0 Å². The SMILES string of the molecule is O=C(CCCNC(=O)OCc1ccccc1)OCC(Cl)(Cl)Cl. The molecule has 5 nitrogen and oxygen atoms in total. The fourth-order valence-electron chi connectivity index (χ4n) is 1.43. The van der Waals surface area contributed by atoms with Gasteiger partial charge in [0.05, 0.1) is 0 Å². The van der Waals surface area contributed by atoms with E-state index in [0.717, 1.165) is 5.56 Å². The molecule has 0 atom stereocenters. The molecule has 0 unspecified atom stereocenters. The average Bonchev–Trinajstić information content (AvgIpc) is 2.48. The van der Waals surface area contributed by atoms with E-state index in [9.17, 15) is 9.59 Å². The van der Waals surface area contributed by atoms with Crippen molar-refractivity contribution in [3.63, 3.8) is 0 Å². The Bertz CT molecular complexity index is 477. The molecule has 0 saturated heterocycles. The third-order valence-electron chi connectivity index (χ3n) is 2.44. The van der Waals surface area contributed by atoms with E-state index in [1.165, 1.54) is 0 Å². The first kappa shape index (κ1) is 18.9. The van der Waals surface area contributed by atoms with Crippen molar-refractivity contribution in [1.82, 2.24) is 5.32 Å². The summed E-state index contributed by atoms with van der Waals surface area (Å²) in [4.78, 5) is 22.7. The number of carbonyl (C=O) groups is 2. The Morgan fingerprint density at radius 2 is 1.77 bits per heavy atom. The number of nitrogens with one attached hydrogen (secondary N) is 1. The van der Waals surface area contributed by atoms with E-state index in [1.807, 2.05) is 30.3 Å². The second-order valence-corrected chi connectivity index (χ2v) is 6.88. The summed E-state index contributed by atoms with van der Waals surface area (Å²) in [7, 11) is 0. The van der Waals surface area contributed by atoms with Crippen LogP contribution in [0.1, 0.15) is 18.4 Å². The normalized spacial score (nSPS) is 10.9. The molecular formula is C14H16Cl3NO4. The molecule has 0 radical (unpaired) electrons. The van der Waals surface area contributed by atoms with Crippen LogP contribution in [0.5, 0.6) is 0 Å². The lowest BCUT2D eigenvalue weighted by atomic mass is 10.2. The summed E-state index contributed by atoms with van der Waals surface area (Å²) in [5.41, 5.74) is 0.896. The maximum Gasteiger partial charge on any atom is 0.407 e. The van der Waals surface area contributed by atoms with E-state index in [4.69, 9.17) is 44.3 Å². The Morgan fingerprint density at radius 1 is 1.09 bits per heavy atom. The van der Waals surface area contributed by atoms with E-state index >= 15 is 0 Å². The molecule has 122 valence electrons. The van der Waals surface area contributed by atoms with E-state index in [-0.39, 0.29) is 26.2 Å². The molecule has 0 saturated carbocycles. The van der Waals surface area contributed by atoms with Gasteiger partial charge in [-0.3, -0.25) is 4.79 Å². The Hall–Kier alpha value is -1.17. The molecule has 0 aromatic heterocycles. The van der Waals surface area contributed by atoms with Crippen LogP contribution in [0.4, 0.5) is 4.79 Å². The number of amides is 1. The van der Waals surface area contributed by atoms with Crippen molar-refractivity contribution in [2.45, 2.75) is 23.2 Å². The molecule has 1 aromatic rings. The van der Waals surface area contributed by atoms with Crippen molar-refractivity contribution in [2.75, 3.05) is 13.2 Å². The molecule has 22 heavy (non-hydrogen) atoms. The van der Waals surface area contributed by atoms with Gasteiger partial charge in [0.1, 0.15) is 13.2 Å². The fraction of sp³-hybridized carbons (Fsp3) is 0.429. The summed E-state index contributed by atoms with van der Waals surface area (Å²) in [5, 5.41) is 2.53. The smallest absolute Gasteiger partial charge is 0.407 e. The highest BCUT2D eigenvalue weighted by Gasteiger charge is 2.21. The van der Waals surface area contributed by atoms with Crippen molar-refractivity contribution in [3.05, 3.63) is 35.9 Å². The number of halogens is 3. The van der Waals surface area contributed by atoms with Gasteiger partial charge in [0.15, 0.2) is 0 Å². The maximum absolute atomic E-state index is 11.4. The quantitative estimate of drug-likeness (QED) is 0.454. The lowest BCUT2D eigenvalue weighted by Gasteiger charge is -2.11. The average molecular weight is 369 g/mol. The molecular weight excluding hydrogens is 353 g/mol. The predicted molar refractivity (Wildman–Crippen MR) is 85.1 cm³/mol. The summed E-state index contributed by atoms with van der Waals surface area (Å²) >= 11 is 16.3. The number of benzene rings is 1. The van der Waals surface area contributed by atoms with Gasteiger partial charge < -0.3 is 14.8 Å². The Balaban J connectivity index is 2.06. The van der Waals surface area contributed by atoms with E-state index in [1.54, 1.807) is 0 Å². The van der Waals surface area contributed by atoms with E-state index in [2.05, 4.69) is 5.32 Å².